The quantitative estimate of drug-likeness (QED) is 0.801. The van der Waals surface area contributed by atoms with Crippen LogP contribution in [0.3, 0.4) is 0 Å². The second-order valence-corrected chi connectivity index (χ2v) is 7.06. The number of nitrogens with zero attached hydrogens (tertiary/aromatic N) is 1. The Labute approximate surface area is 142 Å². The summed E-state index contributed by atoms with van der Waals surface area (Å²) in [5.41, 5.74) is 3.28. The van der Waals surface area contributed by atoms with Crippen molar-refractivity contribution in [3.8, 4) is 0 Å². The molecule has 0 radical (unpaired) electrons. The average molecular weight is 325 g/mol. The van der Waals surface area contributed by atoms with Gasteiger partial charge in [0.15, 0.2) is 0 Å². The summed E-state index contributed by atoms with van der Waals surface area (Å²) in [4.78, 5) is 4.90. The monoisotopic (exact) mass is 325 g/mol. The van der Waals surface area contributed by atoms with Crippen molar-refractivity contribution in [3.05, 3.63) is 61.2 Å². The molecule has 120 valence electrons. The highest BCUT2D eigenvalue weighted by Crippen LogP contribution is 2.38. The fraction of sp³-hybridized carbons (Fsp3) is 0.316. The van der Waals surface area contributed by atoms with E-state index in [4.69, 9.17) is 4.99 Å². The summed E-state index contributed by atoms with van der Waals surface area (Å²) in [6, 6.07) is 8.35. The zero-order valence-corrected chi connectivity index (χ0v) is 14.2. The lowest BCUT2D eigenvalue weighted by atomic mass is 9.87. The van der Waals surface area contributed by atoms with E-state index >= 15 is 0 Å². The predicted octanol–water partition coefficient (Wildman–Crippen LogP) is 4.49. The average Bonchev–Trinajstić information content (AvgIpc) is 2.59. The van der Waals surface area contributed by atoms with Gasteiger partial charge in [0.1, 0.15) is 5.84 Å². The van der Waals surface area contributed by atoms with Crippen LogP contribution in [0.15, 0.2) is 66.2 Å². The van der Waals surface area contributed by atoms with Gasteiger partial charge < -0.3 is 10.6 Å². The van der Waals surface area contributed by atoms with E-state index in [1.54, 1.807) is 6.08 Å². The molecule has 0 amide bonds. The number of thioether (sulfide) groups is 1. The summed E-state index contributed by atoms with van der Waals surface area (Å²) in [5, 5.41) is 7.33. The number of allylic oxidation sites excluding steroid dienone is 2. The number of fused-ring (bicyclic) bond motifs is 1. The third kappa shape index (κ3) is 3.37. The van der Waals surface area contributed by atoms with Crippen molar-refractivity contribution in [2.75, 3.05) is 28.7 Å². The minimum absolute atomic E-state index is 0.0694. The van der Waals surface area contributed by atoms with E-state index in [9.17, 15) is 0 Å². The number of nitrogens with one attached hydrogen (secondary N) is 2. The molecule has 2 heterocycles. The molecule has 1 aromatic rings. The van der Waals surface area contributed by atoms with Gasteiger partial charge in [-0.15, -0.1) is 0 Å². The molecule has 0 aromatic heterocycles. The lowest BCUT2D eigenvalue weighted by Gasteiger charge is -2.43. The Morgan fingerprint density at radius 1 is 1.22 bits per heavy atom. The Balaban J connectivity index is 1.93. The smallest absolute Gasteiger partial charge is 0.127 e. The standard InChI is InChI=1S/C19H23N3S/c1-3-7-15(4-2)14-20-18-19(10-12-23-13-11-19)22-17-9-6-5-8-16(17)21-18/h3-9,22H,1-2,10-14H2,(H,20,21)/b15-7+. The van der Waals surface area contributed by atoms with Crippen LogP contribution in [0, 0.1) is 0 Å². The second-order valence-electron chi connectivity index (χ2n) is 5.84. The van der Waals surface area contributed by atoms with Crippen molar-refractivity contribution in [2.45, 2.75) is 18.4 Å². The van der Waals surface area contributed by atoms with Crippen LogP contribution in [0.4, 0.5) is 11.4 Å². The largest absolute Gasteiger partial charge is 0.371 e. The van der Waals surface area contributed by atoms with Crippen molar-refractivity contribution >= 4 is 29.0 Å². The van der Waals surface area contributed by atoms with E-state index in [0.717, 1.165) is 41.4 Å². The van der Waals surface area contributed by atoms with Crippen LogP contribution in [0.5, 0.6) is 0 Å². The highest BCUT2D eigenvalue weighted by molar-refractivity contribution is 7.99. The number of anilines is 2. The van der Waals surface area contributed by atoms with Crippen LogP contribution >= 0.6 is 11.8 Å². The first-order valence-electron chi connectivity index (χ1n) is 7.98. The van der Waals surface area contributed by atoms with Gasteiger partial charge in [0.2, 0.25) is 0 Å². The van der Waals surface area contributed by atoms with E-state index in [-0.39, 0.29) is 5.54 Å². The lowest BCUT2D eigenvalue weighted by Crippen LogP contribution is -2.54. The molecule has 4 heteroatoms. The third-order valence-electron chi connectivity index (χ3n) is 4.37. The summed E-state index contributed by atoms with van der Waals surface area (Å²) in [7, 11) is 0. The summed E-state index contributed by atoms with van der Waals surface area (Å²) in [6.07, 6.45) is 7.77. The molecule has 0 saturated carbocycles. The topological polar surface area (TPSA) is 36.4 Å². The van der Waals surface area contributed by atoms with Gasteiger partial charge in [0, 0.05) is 0 Å². The van der Waals surface area contributed by atoms with Crippen LogP contribution in [0.25, 0.3) is 0 Å². The SMILES string of the molecule is C=C/C=C(\C=C)CN=C1Nc2ccccc2NC12CCSCC2. The predicted molar refractivity (Wildman–Crippen MR) is 104 cm³/mol. The van der Waals surface area contributed by atoms with E-state index in [1.807, 2.05) is 30.0 Å². The summed E-state index contributed by atoms with van der Waals surface area (Å²) < 4.78 is 0. The molecule has 2 N–H and O–H groups in total. The van der Waals surface area contributed by atoms with E-state index < -0.39 is 0 Å². The molecule has 0 atom stereocenters. The van der Waals surface area contributed by atoms with E-state index in [1.165, 1.54) is 5.69 Å². The number of rotatable bonds is 4. The summed E-state index contributed by atoms with van der Waals surface area (Å²) in [5.74, 6) is 3.37. The van der Waals surface area contributed by atoms with Gasteiger partial charge in [-0.3, -0.25) is 4.99 Å². The number of para-hydroxylation sites is 2. The fourth-order valence-electron chi connectivity index (χ4n) is 3.04. The van der Waals surface area contributed by atoms with Gasteiger partial charge in [-0.05, 0) is 42.1 Å². The molecule has 3 rings (SSSR count). The molecule has 1 aromatic carbocycles. The van der Waals surface area contributed by atoms with Crippen molar-refractivity contribution in [1.29, 1.82) is 0 Å². The molecule has 1 saturated heterocycles. The zero-order chi connectivity index (χ0) is 16.1. The van der Waals surface area contributed by atoms with Crippen molar-refractivity contribution in [3.63, 3.8) is 0 Å². The molecule has 1 spiro atoms. The van der Waals surface area contributed by atoms with Crippen LogP contribution in [0.2, 0.25) is 0 Å². The minimum atomic E-state index is -0.0694. The van der Waals surface area contributed by atoms with E-state index in [0.29, 0.717) is 6.54 Å². The van der Waals surface area contributed by atoms with Crippen molar-refractivity contribution in [2.24, 2.45) is 4.99 Å². The maximum atomic E-state index is 4.90. The third-order valence-corrected chi connectivity index (χ3v) is 5.35. The fourth-order valence-corrected chi connectivity index (χ4v) is 4.23. The number of hydrogen-bond donors (Lipinski definition) is 2. The van der Waals surface area contributed by atoms with Crippen molar-refractivity contribution < 1.29 is 0 Å². The molecule has 2 aliphatic heterocycles. The second kappa shape index (κ2) is 7.09. The number of aliphatic imine (C=N–C) groups is 1. The molecule has 0 aliphatic carbocycles. The maximum Gasteiger partial charge on any atom is 0.127 e. The number of amidine groups is 1. The van der Waals surface area contributed by atoms with Crippen LogP contribution < -0.4 is 10.6 Å². The van der Waals surface area contributed by atoms with E-state index in [2.05, 4.69) is 42.0 Å². The summed E-state index contributed by atoms with van der Waals surface area (Å²) in [6.45, 7) is 8.23. The van der Waals surface area contributed by atoms with Gasteiger partial charge in [-0.25, -0.2) is 0 Å². The first-order chi connectivity index (χ1) is 11.3. The highest BCUT2D eigenvalue weighted by atomic mass is 32.2. The lowest BCUT2D eigenvalue weighted by molar-refractivity contribution is 0.560. The first-order valence-corrected chi connectivity index (χ1v) is 9.14. The molecular formula is C19H23N3S. The normalized spacial score (nSPS) is 21.2. The molecule has 3 nitrogen and oxygen atoms in total. The van der Waals surface area contributed by atoms with Crippen LogP contribution in [-0.4, -0.2) is 29.4 Å². The Hall–Kier alpha value is -1.94. The Kier molecular flexibility index (Phi) is 4.91. The molecular weight excluding hydrogens is 302 g/mol. The van der Waals surface area contributed by atoms with Gasteiger partial charge in [-0.1, -0.05) is 43.5 Å². The van der Waals surface area contributed by atoms with Crippen molar-refractivity contribution in [1.82, 2.24) is 0 Å². The molecule has 0 unspecified atom stereocenters. The Morgan fingerprint density at radius 3 is 2.65 bits per heavy atom. The molecule has 0 bridgehead atoms. The molecule has 23 heavy (non-hydrogen) atoms. The Bertz CT molecular complexity index is 654. The Morgan fingerprint density at radius 2 is 1.96 bits per heavy atom. The van der Waals surface area contributed by atoms with Gasteiger partial charge in [0.05, 0.1) is 23.5 Å². The first kappa shape index (κ1) is 15.9. The molecule has 2 aliphatic rings. The highest BCUT2D eigenvalue weighted by Gasteiger charge is 2.40. The van der Waals surface area contributed by atoms with Crippen LogP contribution in [0.1, 0.15) is 12.8 Å². The van der Waals surface area contributed by atoms with Crippen LogP contribution in [-0.2, 0) is 0 Å². The van der Waals surface area contributed by atoms with Gasteiger partial charge in [0.25, 0.3) is 0 Å². The van der Waals surface area contributed by atoms with Gasteiger partial charge >= 0.3 is 0 Å². The summed E-state index contributed by atoms with van der Waals surface area (Å²) >= 11 is 2.02. The maximum absolute atomic E-state index is 4.90. The minimum Gasteiger partial charge on any atom is -0.371 e. The zero-order valence-electron chi connectivity index (χ0n) is 13.3. The van der Waals surface area contributed by atoms with Gasteiger partial charge in [-0.2, -0.15) is 11.8 Å². The molecule has 1 fully saturated rings. The number of hydrogen-bond acceptors (Lipinski definition) is 3. The number of benzene rings is 1.